The van der Waals surface area contributed by atoms with Crippen molar-refractivity contribution in [2.24, 2.45) is 5.73 Å². The van der Waals surface area contributed by atoms with Gasteiger partial charge in [-0.1, -0.05) is 41.9 Å². The van der Waals surface area contributed by atoms with Crippen molar-refractivity contribution in [1.82, 2.24) is 9.38 Å². The van der Waals surface area contributed by atoms with Gasteiger partial charge in [-0.05, 0) is 12.6 Å². The molecule has 0 atom stereocenters. The van der Waals surface area contributed by atoms with Crippen LogP contribution in [0, 0.1) is 0 Å². The molecule has 2 heterocycles. The molecule has 96 valence electrons. The van der Waals surface area contributed by atoms with Crippen LogP contribution < -0.4 is 5.73 Å². The fraction of sp³-hybridized carbons (Fsp3) is 0.133. The monoisotopic (exact) mass is 271 g/mol. The molecule has 3 rings (SSSR count). The molecule has 0 spiro atoms. The van der Waals surface area contributed by atoms with Gasteiger partial charge in [0.15, 0.2) is 0 Å². The maximum Gasteiger partial charge on any atom is 0.139 e. The Labute approximate surface area is 116 Å². The molecule has 1 aromatic carbocycles. The molecule has 0 radical (unpaired) electrons. The summed E-state index contributed by atoms with van der Waals surface area (Å²) in [6.07, 6.45) is 2.70. The summed E-state index contributed by atoms with van der Waals surface area (Å²) < 4.78 is 2.06. The van der Waals surface area contributed by atoms with Gasteiger partial charge in [-0.2, -0.15) is 0 Å². The fourth-order valence-corrected chi connectivity index (χ4v) is 2.44. The van der Waals surface area contributed by atoms with E-state index in [4.69, 9.17) is 17.3 Å². The Morgan fingerprint density at radius 1 is 1.16 bits per heavy atom. The van der Waals surface area contributed by atoms with E-state index in [1.54, 1.807) is 0 Å². The Bertz CT molecular complexity index is 704. The van der Waals surface area contributed by atoms with E-state index < -0.39 is 0 Å². The Morgan fingerprint density at radius 2 is 1.95 bits per heavy atom. The van der Waals surface area contributed by atoms with Gasteiger partial charge in [-0.25, -0.2) is 4.98 Å². The number of nitrogens with zero attached hydrogens (tertiary/aromatic N) is 2. The summed E-state index contributed by atoms with van der Waals surface area (Å²) in [5, 5.41) is 0.691. The van der Waals surface area contributed by atoms with Gasteiger partial charge in [0.2, 0.25) is 0 Å². The average molecular weight is 272 g/mol. The maximum atomic E-state index is 6.03. The first-order valence-electron chi connectivity index (χ1n) is 6.21. The quantitative estimate of drug-likeness (QED) is 0.795. The molecule has 0 saturated heterocycles. The van der Waals surface area contributed by atoms with Crippen LogP contribution >= 0.6 is 11.6 Å². The molecule has 0 amide bonds. The van der Waals surface area contributed by atoms with Gasteiger partial charge in [0.05, 0.1) is 11.4 Å². The molecule has 3 aromatic rings. The van der Waals surface area contributed by atoms with Crippen molar-refractivity contribution in [3.8, 4) is 11.3 Å². The van der Waals surface area contributed by atoms with Gasteiger partial charge in [-0.15, -0.1) is 0 Å². The number of hydrogen-bond acceptors (Lipinski definition) is 2. The smallest absolute Gasteiger partial charge is 0.139 e. The SMILES string of the molecule is NCCc1nc2cc(Cl)ccn2c1-c1ccccc1. The number of fused-ring (bicyclic) bond motifs is 1. The summed E-state index contributed by atoms with van der Waals surface area (Å²) >= 11 is 6.03. The lowest BCUT2D eigenvalue weighted by Crippen LogP contribution is -2.04. The molecular weight excluding hydrogens is 258 g/mol. The number of nitrogens with two attached hydrogens (primary N) is 1. The summed E-state index contributed by atoms with van der Waals surface area (Å²) in [5.74, 6) is 0. The van der Waals surface area contributed by atoms with Crippen LogP contribution in [-0.4, -0.2) is 15.9 Å². The van der Waals surface area contributed by atoms with Crippen molar-refractivity contribution in [2.75, 3.05) is 6.54 Å². The number of hydrogen-bond donors (Lipinski definition) is 1. The lowest BCUT2D eigenvalue weighted by Gasteiger charge is -2.04. The summed E-state index contributed by atoms with van der Waals surface area (Å²) in [6, 6.07) is 14.0. The number of aromatic nitrogens is 2. The highest BCUT2D eigenvalue weighted by Gasteiger charge is 2.13. The molecule has 0 aliphatic carbocycles. The van der Waals surface area contributed by atoms with Crippen LogP contribution in [0.4, 0.5) is 0 Å². The van der Waals surface area contributed by atoms with Crippen molar-refractivity contribution in [3.05, 3.63) is 59.4 Å². The van der Waals surface area contributed by atoms with E-state index in [9.17, 15) is 0 Å². The molecule has 0 aliphatic rings. The van der Waals surface area contributed by atoms with Crippen LogP contribution in [0.1, 0.15) is 5.69 Å². The predicted octanol–water partition coefficient (Wildman–Crippen LogP) is 3.16. The summed E-state index contributed by atoms with van der Waals surface area (Å²) in [6.45, 7) is 0.581. The first kappa shape index (κ1) is 12.2. The van der Waals surface area contributed by atoms with E-state index in [0.29, 0.717) is 11.6 Å². The number of imidazole rings is 1. The minimum Gasteiger partial charge on any atom is -0.330 e. The van der Waals surface area contributed by atoms with Crippen molar-refractivity contribution in [2.45, 2.75) is 6.42 Å². The Balaban J connectivity index is 2.28. The Kier molecular flexibility index (Phi) is 3.23. The Morgan fingerprint density at radius 3 is 2.68 bits per heavy atom. The second-order valence-corrected chi connectivity index (χ2v) is 4.82. The van der Waals surface area contributed by atoms with Crippen LogP contribution in [0.2, 0.25) is 5.02 Å². The van der Waals surface area contributed by atoms with E-state index in [1.807, 2.05) is 36.5 Å². The topological polar surface area (TPSA) is 43.3 Å². The number of rotatable bonds is 3. The number of pyridine rings is 1. The maximum absolute atomic E-state index is 6.03. The van der Waals surface area contributed by atoms with Crippen molar-refractivity contribution >= 4 is 17.2 Å². The first-order chi connectivity index (χ1) is 9.29. The van der Waals surface area contributed by atoms with Gasteiger partial charge in [0.1, 0.15) is 5.65 Å². The normalized spacial score (nSPS) is 11.1. The van der Waals surface area contributed by atoms with Crippen LogP contribution in [0.15, 0.2) is 48.7 Å². The highest BCUT2D eigenvalue weighted by molar-refractivity contribution is 6.30. The minimum absolute atomic E-state index is 0.581. The van der Waals surface area contributed by atoms with Crippen molar-refractivity contribution < 1.29 is 0 Å². The van der Waals surface area contributed by atoms with Crippen molar-refractivity contribution in [3.63, 3.8) is 0 Å². The fourth-order valence-electron chi connectivity index (χ4n) is 2.28. The van der Waals surface area contributed by atoms with Gasteiger partial charge < -0.3 is 5.73 Å². The second kappa shape index (κ2) is 5.03. The van der Waals surface area contributed by atoms with Gasteiger partial charge >= 0.3 is 0 Å². The lowest BCUT2D eigenvalue weighted by atomic mass is 10.1. The zero-order valence-corrected chi connectivity index (χ0v) is 11.1. The minimum atomic E-state index is 0.581. The van der Waals surface area contributed by atoms with E-state index in [1.165, 1.54) is 0 Å². The third-order valence-electron chi connectivity index (χ3n) is 3.09. The molecule has 0 unspecified atom stereocenters. The molecule has 3 nitrogen and oxygen atoms in total. The zero-order chi connectivity index (χ0) is 13.2. The van der Waals surface area contributed by atoms with E-state index in [2.05, 4.69) is 21.5 Å². The average Bonchev–Trinajstić information content (AvgIpc) is 2.77. The van der Waals surface area contributed by atoms with Crippen molar-refractivity contribution in [1.29, 1.82) is 0 Å². The highest BCUT2D eigenvalue weighted by Crippen LogP contribution is 2.26. The molecular formula is C15H14ClN3. The van der Waals surface area contributed by atoms with Gasteiger partial charge in [0, 0.05) is 29.3 Å². The summed E-state index contributed by atoms with van der Waals surface area (Å²) in [4.78, 5) is 4.64. The van der Waals surface area contributed by atoms with Gasteiger partial charge in [0.25, 0.3) is 0 Å². The molecule has 0 aliphatic heterocycles. The summed E-state index contributed by atoms with van der Waals surface area (Å²) in [7, 11) is 0. The third-order valence-corrected chi connectivity index (χ3v) is 3.32. The molecule has 2 N–H and O–H groups in total. The van der Waals surface area contributed by atoms with Gasteiger partial charge in [-0.3, -0.25) is 4.40 Å². The number of benzene rings is 1. The second-order valence-electron chi connectivity index (χ2n) is 4.38. The molecule has 2 aromatic heterocycles. The Hall–Kier alpha value is -1.84. The van der Waals surface area contributed by atoms with E-state index in [-0.39, 0.29) is 0 Å². The first-order valence-corrected chi connectivity index (χ1v) is 6.59. The van der Waals surface area contributed by atoms with Crippen LogP contribution in [0.5, 0.6) is 0 Å². The third kappa shape index (κ3) is 2.23. The molecule has 0 saturated carbocycles. The predicted molar refractivity (Wildman–Crippen MR) is 78.4 cm³/mol. The number of halogens is 1. The molecule has 0 bridgehead atoms. The molecule has 0 fully saturated rings. The largest absolute Gasteiger partial charge is 0.330 e. The summed E-state index contributed by atoms with van der Waals surface area (Å²) in [5.41, 5.74) is 9.79. The zero-order valence-electron chi connectivity index (χ0n) is 10.4. The molecule has 4 heteroatoms. The highest BCUT2D eigenvalue weighted by atomic mass is 35.5. The van der Waals surface area contributed by atoms with E-state index >= 15 is 0 Å². The standard InChI is InChI=1S/C15H14ClN3/c16-12-7-9-19-14(10-12)18-13(6-8-17)15(19)11-4-2-1-3-5-11/h1-5,7,9-10H,6,8,17H2. The van der Waals surface area contributed by atoms with Crippen LogP contribution in [0.3, 0.4) is 0 Å². The van der Waals surface area contributed by atoms with E-state index in [0.717, 1.165) is 29.0 Å². The van der Waals surface area contributed by atoms with Crippen LogP contribution in [0.25, 0.3) is 16.9 Å². The lowest BCUT2D eigenvalue weighted by molar-refractivity contribution is 0.939. The van der Waals surface area contributed by atoms with Crippen LogP contribution in [-0.2, 0) is 6.42 Å². The molecule has 19 heavy (non-hydrogen) atoms.